The zero-order chi connectivity index (χ0) is 58.5. The van der Waals surface area contributed by atoms with Gasteiger partial charge in [0.15, 0.2) is 6.10 Å². The Balaban J connectivity index is 4.06. The van der Waals surface area contributed by atoms with Gasteiger partial charge in [0.2, 0.25) is 0 Å². The number of esters is 3. The number of carbonyl (C=O) groups is 3. The van der Waals surface area contributed by atoms with Gasteiger partial charge in [-0.25, -0.2) is 0 Å². The van der Waals surface area contributed by atoms with Crippen LogP contribution in [-0.2, 0) is 28.6 Å². The van der Waals surface area contributed by atoms with Crippen molar-refractivity contribution >= 4 is 17.9 Å². The van der Waals surface area contributed by atoms with Crippen LogP contribution in [0.25, 0.3) is 0 Å². The van der Waals surface area contributed by atoms with Gasteiger partial charge in [0.25, 0.3) is 0 Å². The number of ether oxygens (including phenoxy) is 3. The second kappa shape index (κ2) is 68.6. The van der Waals surface area contributed by atoms with Crippen LogP contribution in [0.15, 0.2) is 109 Å². The molecule has 1 atom stereocenters. The first-order valence-electron chi connectivity index (χ1n) is 34.4. The molecule has 0 aliphatic heterocycles. The molecule has 0 aromatic rings. The van der Waals surface area contributed by atoms with Gasteiger partial charge in [-0.15, -0.1) is 0 Å². The van der Waals surface area contributed by atoms with Crippen LogP contribution >= 0.6 is 0 Å². The molecule has 0 aromatic carbocycles. The SMILES string of the molecule is CC/C=C\C/C=C\C/C=C\C/C=C\C/C=C\C/C=C\C/C=C\C/C=C\CCCCC(=O)OC(COC(=O)CCCCCCC)COC(=O)CCCCCCCCCCCCCCCCCCCCC/C=C\CCCCCCCCCC. The summed E-state index contributed by atoms with van der Waals surface area (Å²) in [4.78, 5) is 38.0. The van der Waals surface area contributed by atoms with Gasteiger partial charge in [-0.05, 0) is 109 Å². The monoisotopic (exact) mass is 1120 g/mol. The van der Waals surface area contributed by atoms with Gasteiger partial charge in [0.05, 0.1) is 0 Å². The molecule has 1 unspecified atom stereocenters. The average Bonchev–Trinajstić information content (AvgIpc) is 3.47. The lowest BCUT2D eigenvalue weighted by Crippen LogP contribution is -2.30. The van der Waals surface area contributed by atoms with Crippen LogP contribution in [0.1, 0.15) is 329 Å². The van der Waals surface area contributed by atoms with Crippen LogP contribution in [-0.4, -0.2) is 37.2 Å². The fourth-order valence-corrected chi connectivity index (χ4v) is 9.63. The van der Waals surface area contributed by atoms with Crippen LogP contribution in [0.4, 0.5) is 0 Å². The highest BCUT2D eigenvalue weighted by molar-refractivity contribution is 5.71. The van der Waals surface area contributed by atoms with Gasteiger partial charge in [-0.3, -0.25) is 14.4 Å². The van der Waals surface area contributed by atoms with E-state index in [0.717, 1.165) is 116 Å². The molecule has 6 nitrogen and oxygen atoms in total. The molecule has 0 bridgehead atoms. The Bertz CT molecular complexity index is 1620. The highest BCUT2D eigenvalue weighted by Gasteiger charge is 2.19. The number of carbonyl (C=O) groups excluding carboxylic acids is 3. The van der Waals surface area contributed by atoms with Crippen molar-refractivity contribution in [3.63, 3.8) is 0 Å². The molecular weight excluding hydrogens is 997 g/mol. The van der Waals surface area contributed by atoms with Gasteiger partial charge >= 0.3 is 17.9 Å². The molecule has 0 N–H and O–H groups in total. The third-order valence-corrected chi connectivity index (χ3v) is 14.8. The van der Waals surface area contributed by atoms with Gasteiger partial charge in [0.1, 0.15) is 13.2 Å². The van der Waals surface area contributed by atoms with E-state index in [-0.39, 0.29) is 37.5 Å². The van der Waals surface area contributed by atoms with Crippen molar-refractivity contribution in [3.05, 3.63) is 109 Å². The fraction of sp³-hybridized carbons (Fsp3) is 0.720. The lowest BCUT2D eigenvalue weighted by molar-refractivity contribution is -0.167. The number of hydrogen-bond acceptors (Lipinski definition) is 6. The first-order chi connectivity index (χ1) is 40.0. The second-order valence-corrected chi connectivity index (χ2v) is 22.7. The summed E-state index contributed by atoms with van der Waals surface area (Å²) >= 11 is 0. The molecule has 0 aliphatic rings. The standard InChI is InChI=1S/C75H128O6/c1-4-7-10-13-15-17-19-21-23-25-27-29-31-33-35-36-37-38-40-41-43-45-47-49-51-53-55-57-59-62-65-68-74(77)80-71-72(70-79-73(76)67-64-61-12-9-6-3)81-75(78)69-66-63-60-58-56-54-52-50-48-46-44-42-39-34-32-30-28-26-24-22-20-18-16-14-11-8-5-2/h8,11,16,18,22,24-25,27-28,30,34,39,44,46,50,52,56,58,72H,4-7,9-10,12-15,17,19-21,23,26,29,31-33,35-38,40-43,45,47-49,51,53-55,57,59-71H2,1-3H3/b11-8-,18-16-,24-22-,27-25-,30-28-,39-34-,46-44-,52-50-,58-56-. The Morgan fingerprint density at radius 2 is 0.481 bits per heavy atom. The number of rotatable bonds is 62. The van der Waals surface area contributed by atoms with E-state index >= 15 is 0 Å². The van der Waals surface area contributed by atoms with Gasteiger partial charge in [-0.2, -0.15) is 0 Å². The van der Waals surface area contributed by atoms with Crippen molar-refractivity contribution in [2.24, 2.45) is 0 Å². The summed E-state index contributed by atoms with van der Waals surface area (Å²) in [6, 6.07) is 0. The predicted octanol–water partition coefficient (Wildman–Crippen LogP) is 23.8. The topological polar surface area (TPSA) is 78.9 Å². The first-order valence-corrected chi connectivity index (χ1v) is 34.4. The maximum absolute atomic E-state index is 12.8. The van der Waals surface area contributed by atoms with E-state index in [2.05, 4.69) is 130 Å². The largest absolute Gasteiger partial charge is 0.462 e. The zero-order valence-electron chi connectivity index (χ0n) is 53.3. The van der Waals surface area contributed by atoms with Crippen molar-refractivity contribution in [2.45, 2.75) is 335 Å². The molecule has 0 heterocycles. The minimum absolute atomic E-state index is 0.0945. The maximum atomic E-state index is 12.8. The van der Waals surface area contributed by atoms with E-state index in [9.17, 15) is 14.4 Å². The van der Waals surface area contributed by atoms with Crippen molar-refractivity contribution in [1.82, 2.24) is 0 Å². The van der Waals surface area contributed by atoms with Crippen molar-refractivity contribution in [2.75, 3.05) is 13.2 Å². The predicted molar refractivity (Wildman–Crippen MR) is 353 cm³/mol. The second-order valence-electron chi connectivity index (χ2n) is 22.7. The Labute approximate surface area is 501 Å². The molecular formula is C75H128O6. The molecule has 0 amide bonds. The quantitative estimate of drug-likeness (QED) is 0.0261. The minimum Gasteiger partial charge on any atom is -0.462 e. The number of hydrogen-bond donors (Lipinski definition) is 0. The number of unbranched alkanes of at least 4 members (excludes halogenated alkanes) is 33. The van der Waals surface area contributed by atoms with Crippen molar-refractivity contribution in [3.8, 4) is 0 Å². The van der Waals surface area contributed by atoms with Crippen molar-refractivity contribution in [1.29, 1.82) is 0 Å². The molecule has 464 valence electrons. The maximum Gasteiger partial charge on any atom is 0.306 e. The molecule has 0 aliphatic carbocycles. The Morgan fingerprint density at radius 3 is 0.790 bits per heavy atom. The Kier molecular flexibility index (Phi) is 65.2. The van der Waals surface area contributed by atoms with Crippen LogP contribution in [0.2, 0.25) is 0 Å². The third-order valence-electron chi connectivity index (χ3n) is 14.8. The summed E-state index contributed by atoms with van der Waals surface area (Å²) in [6.45, 7) is 6.43. The zero-order valence-corrected chi connectivity index (χ0v) is 53.3. The molecule has 81 heavy (non-hydrogen) atoms. The van der Waals surface area contributed by atoms with Crippen LogP contribution < -0.4 is 0 Å². The molecule has 0 saturated heterocycles. The van der Waals surface area contributed by atoms with Gasteiger partial charge < -0.3 is 14.2 Å². The fourth-order valence-electron chi connectivity index (χ4n) is 9.63. The molecule has 0 fully saturated rings. The van der Waals surface area contributed by atoms with Crippen LogP contribution in [0.3, 0.4) is 0 Å². The Morgan fingerprint density at radius 1 is 0.259 bits per heavy atom. The summed E-state index contributed by atoms with van der Waals surface area (Å²) in [5, 5.41) is 0. The van der Waals surface area contributed by atoms with E-state index in [1.165, 1.54) is 167 Å². The summed E-state index contributed by atoms with van der Waals surface area (Å²) in [7, 11) is 0. The van der Waals surface area contributed by atoms with Crippen molar-refractivity contribution < 1.29 is 28.6 Å². The first kappa shape index (κ1) is 77.1. The average molecular weight is 1130 g/mol. The van der Waals surface area contributed by atoms with Crippen LogP contribution in [0, 0.1) is 0 Å². The Hall–Kier alpha value is -3.93. The molecule has 0 spiro atoms. The highest BCUT2D eigenvalue weighted by Crippen LogP contribution is 2.17. The molecule has 6 heteroatoms. The van der Waals surface area contributed by atoms with E-state index < -0.39 is 6.10 Å². The van der Waals surface area contributed by atoms with Gasteiger partial charge in [-0.1, -0.05) is 310 Å². The molecule has 0 aromatic heterocycles. The lowest BCUT2D eigenvalue weighted by atomic mass is 10.0. The minimum atomic E-state index is -0.799. The summed E-state index contributed by atoms with van der Waals surface area (Å²) < 4.78 is 16.8. The normalized spacial score (nSPS) is 12.8. The molecule has 0 radical (unpaired) electrons. The summed E-state index contributed by atoms with van der Waals surface area (Å²) in [6.07, 6.45) is 94.6. The number of allylic oxidation sites excluding steroid dienone is 18. The summed E-state index contributed by atoms with van der Waals surface area (Å²) in [5.74, 6) is -0.945. The van der Waals surface area contributed by atoms with E-state index in [1.54, 1.807) is 0 Å². The van der Waals surface area contributed by atoms with Gasteiger partial charge in [0, 0.05) is 19.3 Å². The molecule has 0 rings (SSSR count). The van der Waals surface area contributed by atoms with E-state index in [4.69, 9.17) is 14.2 Å². The highest BCUT2D eigenvalue weighted by atomic mass is 16.6. The summed E-state index contributed by atoms with van der Waals surface area (Å²) in [5.41, 5.74) is 0. The van der Waals surface area contributed by atoms with E-state index in [0.29, 0.717) is 19.3 Å². The lowest BCUT2D eigenvalue weighted by Gasteiger charge is -2.18. The molecule has 0 saturated carbocycles. The van der Waals surface area contributed by atoms with E-state index in [1.807, 2.05) is 0 Å². The smallest absolute Gasteiger partial charge is 0.306 e. The third kappa shape index (κ3) is 66.8. The van der Waals surface area contributed by atoms with Crippen LogP contribution in [0.5, 0.6) is 0 Å².